The van der Waals surface area contributed by atoms with Crippen molar-refractivity contribution in [1.29, 1.82) is 0 Å². The normalized spacial score (nSPS) is 10.6. The summed E-state index contributed by atoms with van der Waals surface area (Å²) in [7, 11) is 1.89. The topological polar surface area (TPSA) is 58.1 Å². The molecular formula is C21H22N4O. The van der Waals surface area contributed by atoms with E-state index >= 15 is 0 Å². The van der Waals surface area contributed by atoms with E-state index in [2.05, 4.69) is 29.1 Å². The molecule has 1 heterocycles. The number of hydrogen-bond donors (Lipinski definition) is 1. The highest BCUT2D eigenvalue weighted by atomic mass is 16.1. The second kappa shape index (κ2) is 7.78. The third kappa shape index (κ3) is 4.06. The van der Waals surface area contributed by atoms with Crippen LogP contribution in [0.25, 0.3) is 0 Å². The van der Waals surface area contributed by atoms with Crippen LogP contribution >= 0.6 is 0 Å². The monoisotopic (exact) mass is 346 g/mol. The van der Waals surface area contributed by atoms with E-state index < -0.39 is 0 Å². The molecule has 0 atom stereocenters. The number of aromatic nitrogens is 2. The van der Waals surface area contributed by atoms with Gasteiger partial charge in [-0.1, -0.05) is 44.2 Å². The molecule has 1 amide bonds. The van der Waals surface area contributed by atoms with E-state index in [0.717, 1.165) is 11.4 Å². The minimum Gasteiger partial charge on any atom is -0.322 e. The summed E-state index contributed by atoms with van der Waals surface area (Å²) in [4.78, 5) is 22.9. The van der Waals surface area contributed by atoms with Gasteiger partial charge in [0, 0.05) is 30.8 Å². The largest absolute Gasteiger partial charge is 0.322 e. The molecule has 26 heavy (non-hydrogen) atoms. The maximum absolute atomic E-state index is 12.4. The SMILES string of the molecule is CC(C)c1ccc(NC(=O)c2cnc(N(C)c3ccccc3)nc2)cc1. The Bertz CT molecular complexity index is 859. The molecule has 3 rings (SSSR count). The van der Waals surface area contributed by atoms with Gasteiger partial charge in [-0.15, -0.1) is 0 Å². The lowest BCUT2D eigenvalue weighted by Gasteiger charge is -2.16. The van der Waals surface area contributed by atoms with Crippen LogP contribution in [0.15, 0.2) is 67.0 Å². The summed E-state index contributed by atoms with van der Waals surface area (Å²) in [5, 5.41) is 2.87. The van der Waals surface area contributed by atoms with Crippen LogP contribution in [0.5, 0.6) is 0 Å². The first-order chi connectivity index (χ1) is 12.5. The Hall–Kier alpha value is -3.21. The van der Waals surface area contributed by atoms with Gasteiger partial charge >= 0.3 is 0 Å². The summed E-state index contributed by atoms with van der Waals surface area (Å²) in [6, 6.07) is 17.7. The lowest BCUT2D eigenvalue weighted by molar-refractivity contribution is 0.102. The Morgan fingerprint density at radius 2 is 1.58 bits per heavy atom. The third-order valence-electron chi connectivity index (χ3n) is 4.18. The van der Waals surface area contributed by atoms with Crippen molar-refractivity contribution in [1.82, 2.24) is 9.97 Å². The zero-order valence-corrected chi connectivity index (χ0v) is 15.2. The van der Waals surface area contributed by atoms with E-state index in [-0.39, 0.29) is 5.91 Å². The summed E-state index contributed by atoms with van der Waals surface area (Å²) in [5.41, 5.74) is 3.39. The highest BCUT2D eigenvalue weighted by molar-refractivity contribution is 6.03. The molecule has 0 aliphatic heterocycles. The molecule has 0 bridgehead atoms. The van der Waals surface area contributed by atoms with Crippen molar-refractivity contribution in [2.75, 3.05) is 17.3 Å². The highest BCUT2D eigenvalue weighted by Gasteiger charge is 2.11. The molecule has 0 saturated carbocycles. The minimum absolute atomic E-state index is 0.226. The smallest absolute Gasteiger partial charge is 0.258 e. The van der Waals surface area contributed by atoms with Gasteiger partial charge in [0.2, 0.25) is 5.95 Å². The number of anilines is 3. The molecule has 5 heteroatoms. The summed E-state index contributed by atoms with van der Waals surface area (Å²) in [6.45, 7) is 4.28. The van der Waals surface area contributed by atoms with Crippen molar-refractivity contribution in [2.45, 2.75) is 19.8 Å². The average Bonchev–Trinajstić information content (AvgIpc) is 2.68. The van der Waals surface area contributed by atoms with Crippen LogP contribution in [0.4, 0.5) is 17.3 Å². The van der Waals surface area contributed by atoms with Gasteiger partial charge in [-0.2, -0.15) is 0 Å². The first-order valence-electron chi connectivity index (χ1n) is 8.56. The molecule has 0 saturated heterocycles. The minimum atomic E-state index is -0.226. The Morgan fingerprint density at radius 3 is 2.15 bits per heavy atom. The van der Waals surface area contributed by atoms with Crippen LogP contribution in [0, 0.1) is 0 Å². The highest BCUT2D eigenvalue weighted by Crippen LogP contribution is 2.20. The first-order valence-corrected chi connectivity index (χ1v) is 8.56. The van der Waals surface area contributed by atoms with E-state index in [1.165, 1.54) is 5.56 Å². The van der Waals surface area contributed by atoms with Gasteiger partial charge in [0.1, 0.15) is 0 Å². The van der Waals surface area contributed by atoms with Crippen LogP contribution in [-0.4, -0.2) is 22.9 Å². The zero-order valence-electron chi connectivity index (χ0n) is 15.2. The zero-order chi connectivity index (χ0) is 18.5. The van der Waals surface area contributed by atoms with E-state index in [1.807, 2.05) is 66.5 Å². The molecule has 0 radical (unpaired) electrons. The standard InChI is InChI=1S/C21H22N4O/c1-15(2)16-9-11-18(12-10-16)24-20(26)17-13-22-21(23-14-17)25(3)19-7-5-4-6-8-19/h4-15H,1-3H3,(H,24,26). The maximum Gasteiger partial charge on any atom is 0.258 e. The molecule has 1 N–H and O–H groups in total. The fourth-order valence-electron chi connectivity index (χ4n) is 2.53. The second-order valence-corrected chi connectivity index (χ2v) is 6.40. The first kappa shape index (κ1) is 17.6. The van der Waals surface area contributed by atoms with E-state index in [0.29, 0.717) is 17.4 Å². The van der Waals surface area contributed by atoms with Crippen LogP contribution < -0.4 is 10.2 Å². The van der Waals surface area contributed by atoms with Crippen molar-refractivity contribution in [3.05, 3.63) is 78.1 Å². The number of amides is 1. The van der Waals surface area contributed by atoms with Gasteiger partial charge < -0.3 is 10.2 Å². The molecule has 0 aliphatic carbocycles. The number of para-hydroxylation sites is 1. The van der Waals surface area contributed by atoms with Gasteiger partial charge in [-0.25, -0.2) is 9.97 Å². The van der Waals surface area contributed by atoms with E-state index in [4.69, 9.17) is 0 Å². The second-order valence-electron chi connectivity index (χ2n) is 6.40. The number of nitrogens with one attached hydrogen (secondary N) is 1. The van der Waals surface area contributed by atoms with Gasteiger partial charge in [0.05, 0.1) is 5.56 Å². The molecule has 0 unspecified atom stereocenters. The molecule has 1 aromatic heterocycles. The summed E-state index contributed by atoms with van der Waals surface area (Å²) >= 11 is 0. The van der Waals surface area contributed by atoms with Crippen molar-refractivity contribution in [3.8, 4) is 0 Å². The summed E-state index contributed by atoms with van der Waals surface area (Å²) in [6.07, 6.45) is 3.08. The predicted octanol–water partition coefficient (Wildman–Crippen LogP) is 4.62. The van der Waals surface area contributed by atoms with E-state index in [1.54, 1.807) is 12.4 Å². The number of rotatable bonds is 5. The Kier molecular flexibility index (Phi) is 5.27. The van der Waals surface area contributed by atoms with Gasteiger partial charge in [0.25, 0.3) is 5.91 Å². The maximum atomic E-state index is 12.4. The van der Waals surface area contributed by atoms with Crippen molar-refractivity contribution >= 4 is 23.2 Å². The molecular weight excluding hydrogens is 324 g/mol. The van der Waals surface area contributed by atoms with Crippen LogP contribution in [-0.2, 0) is 0 Å². The Balaban J connectivity index is 1.69. The molecule has 0 aliphatic rings. The number of nitrogens with zero attached hydrogens (tertiary/aromatic N) is 3. The predicted molar refractivity (Wildman–Crippen MR) is 105 cm³/mol. The Morgan fingerprint density at radius 1 is 0.962 bits per heavy atom. The summed E-state index contributed by atoms with van der Waals surface area (Å²) in [5.74, 6) is 0.771. The Labute approximate surface area is 153 Å². The van der Waals surface area contributed by atoms with E-state index in [9.17, 15) is 4.79 Å². The fraction of sp³-hybridized carbons (Fsp3) is 0.190. The summed E-state index contributed by atoms with van der Waals surface area (Å²) < 4.78 is 0. The van der Waals surface area contributed by atoms with Crippen LogP contribution in [0.3, 0.4) is 0 Å². The van der Waals surface area contributed by atoms with Crippen molar-refractivity contribution < 1.29 is 4.79 Å². The average molecular weight is 346 g/mol. The van der Waals surface area contributed by atoms with Crippen molar-refractivity contribution in [2.24, 2.45) is 0 Å². The number of carbonyl (C=O) groups excluding carboxylic acids is 1. The molecule has 5 nitrogen and oxygen atoms in total. The van der Waals surface area contributed by atoms with Gasteiger partial charge in [-0.05, 0) is 35.7 Å². The molecule has 0 spiro atoms. The third-order valence-corrected chi connectivity index (χ3v) is 4.18. The molecule has 2 aromatic carbocycles. The fourth-order valence-corrected chi connectivity index (χ4v) is 2.53. The molecule has 3 aromatic rings. The van der Waals surface area contributed by atoms with Crippen LogP contribution in [0.2, 0.25) is 0 Å². The van der Waals surface area contributed by atoms with Crippen LogP contribution in [0.1, 0.15) is 35.7 Å². The number of hydrogen-bond acceptors (Lipinski definition) is 4. The quantitative estimate of drug-likeness (QED) is 0.732. The van der Waals surface area contributed by atoms with Crippen molar-refractivity contribution in [3.63, 3.8) is 0 Å². The number of benzene rings is 2. The lowest BCUT2D eigenvalue weighted by atomic mass is 10.0. The van der Waals surface area contributed by atoms with Gasteiger partial charge in [-0.3, -0.25) is 4.79 Å². The molecule has 132 valence electrons. The van der Waals surface area contributed by atoms with Gasteiger partial charge in [0.15, 0.2) is 0 Å². The number of carbonyl (C=O) groups is 1. The molecule has 0 fully saturated rings. The lowest BCUT2D eigenvalue weighted by Crippen LogP contribution is -2.16.